The number of methoxy groups -OCH3 is 2. The van der Waals surface area contributed by atoms with Crippen LogP contribution in [-0.4, -0.2) is 33.9 Å². The van der Waals surface area contributed by atoms with Crippen LogP contribution in [0.1, 0.15) is 40.3 Å². The first-order chi connectivity index (χ1) is 17.4. The molecule has 0 spiro atoms. The molecule has 1 N–H and O–H groups in total. The topological polar surface area (TPSA) is 64.4 Å². The Kier molecular flexibility index (Phi) is 6.36. The number of rotatable bonds is 6. The van der Waals surface area contributed by atoms with E-state index in [0.29, 0.717) is 10.9 Å². The maximum Gasteiger partial charge on any atom is 0.174 e. The number of nitrogens with one attached hydrogen (secondary N) is 1. The molecule has 4 heterocycles. The molecule has 36 heavy (non-hydrogen) atoms. The van der Waals surface area contributed by atoms with E-state index in [-0.39, 0.29) is 12.1 Å². The highest BCUT2D eigenvalue weighted by atomic mass is 32.1. The van der Waals surface area contributed by atoms with Gasteiger partial charge in [-0.05, 0) is 80.5 Å². The van der Waals surface area contributed by atoms with E-state index in [1.54, 1.807) is 14.2 Å². The summed E-state index contributed by atoms with van der Waals surface area (Å²) in [4.78, 5) is 11.5. The van der Waals surface area contributed by atoms with E-state index < -0.39 is 0 Å². The lowest BCUT2D eigenvalue weighted by molar-refractivity contribution is 0.394. The molecule has 1 aliphatic heterocycles. The van der Waals surface area contributed by atoms with Crippen molar-refractivity contribution < 1.29 is 9.47 Å². The molecule has 1 aliphatic rings. The van der Waals surface area contributed by atoms with Crippen LogP contribution in [0.25, 0.3) is 5.82 Å². The van der Waals surface area contributed by atoms with Gasteiger partial charge < -0.3 is 24.3 Å². The highest BCUT2D eigenvalue weighted by Crippen LogP contribution is 2.46. The van der Waals surface area contributed by atoms with Gasteiger partial charge in [0.15, 0.2) is 5.11 Å². The molecule has 0 unspecified atom stereocenters. The van der Waals surface area contributed by atoms with Crippen LogP contribution in [0.2, 0.25) is 0 Å². The third-order valence-corrected chi connectivity index (χ3v) is 6.97. The zero-order valence-electron chi connectivity index (χ0n) is 21.0. The highest BCUT2D eigenvalue weighted by molar-refractivity contribution is 7.80. The minimum Gasteiger partial charge on any atom is -0.497 e. The smallest absolute Gasteiger partial charge is 0.174 e. The zero-order valence-corrected chi connectivity index (χ0v) is 21.8. The Morgan fingerprint density at radius 1 is 0.944 bits per heavy atom. The minimum absolute atomic E-state index is 0.162. The van der Waals surface area contributed by atoms with Crippen LogP contribution < -0.4 is 19.7 Å². The Balaban J connectivity index is 1.69. The number of hydrogen-bond acceptors (Lipinski definition) is 5. The number of thiocarbonyl (C=S) groups is 1. The van der Waals surface area contributed by atoms with Gasteiger partial charge in [-0.2, -0.15) is 0 Å². The summed E-state index contributed by atoms with van der Waals surface area (Å²) in [6.45, 7) is 6.28. The van der Waals surface area contributed by atoms with Crippen LogP contribution in [0.3, 0.4) is 0 Å². The number of hydrogen-bond donors (Lipinski definition) is 1. The van der Waals surface area contributed by atoms with Crippen molar-refractivity contribution in [1.82, 2.24) is 19.9 Å². The van der Waals surface area contributed by atoms with E-state index in [0.717, 1.165) is 45.5 Å². The maximum absolute atomic E-state index is 5.92. The van der Waals surface area contributed by atoms with Crippen molar-refractivity contribution in [3.63, 3.8) is 0 Å². The Bertz CT molecular complexity index is 1400. The van der Waals surface area contributed by atoms with Gasteiger partial charge in [-0.25, -0.2) is 4.98 Å². The van der Waals surface area contributed by atoms with Crippen molar-refractivity contribution in [3.05, 3.63) is 95.2 Å². The molecule has 184 valence electrons. The quantitative estimate of drug-likeness (QED) is 0.357. The van der Waals surface area contributed by atoms with Crippen LogP contribution in [-0.2, 0) is 0 Å². The molecular weight excluding hydrogens is 470 g/mol. The first-order valence-electron chi connectivity index (χ1n) is 11.8. The third-order valence-electron chi connectivity index (χ3n) is 6.66. The lowest BCUT2D eigenvalue weighted by Crippen LogP contribution is -2.30. The summed E-state index contributed by atoms with van der Waals surface area (Å²) in [5.74, 6) is 2.28. The molecule has 0 amide bonds. The lowest BCUT2D eigenvalue weighted by Gasteiger charge is -2.29. The van der Waals surface area contributed by atoms with Gasteiger partial charge in [0.2, 0.25) is 0 Å². The number of ether oxygens (including phenoxy) is 2. The summed E-state index contributed by atoms with van der Waals surface area (Å²) < 4.78 is 13.4. The molecule has 2 atom stereocenters. The van der Waals surface area contributed by atoms with E-state index in [2.05, 4.69) is 56.8 Å². The molecule has 5 rings (SSSR count). The molecule has 0 radical (unpaired) electrons. The van der Waals surface area contributed by atoms with Gasteiger partial charge in [0.25, 0.3) is 0 Å². The fraction of sp³-hybridized carbons (Fsp3) is 0.250. The average Bonchev–Trinajstić information content (AvgIpc) is 3.39. The fourth-order valence-corrected chi connectivity index (χ4v) is 5.29. The first-order valence-corrected chi connectivity index (χ1v) is 12.2. The van der Waals surface area contributed by atoms with Crippen molar-refractivity contribution in [1.29, 1.82) is 0 Å². The molecule has 0 saturated carbocycles. The second kappa shape index (κ2) is 9.62. The van der Waals surface area contributed by atoms with E-state index in [4.69, 9.17) is 21.7 Å². The van der Waals surface area contributed by atoms with Gasteiger partial charge in [0.05, 0.1) is 37.7 Å². The van der Waals surface area contributed by atoms with Crippen LogP contribution >= 0.6 is 12.2 Å². The summed E-state index contributed by atoms with van der Waals surface area (Å²) in [5, 5.41) is 4.14. The van der Waals surface area contributed by atoms with Gasteiger partial charge in [-0.1, -0.05) is 12.1 Å². The Labute approximate surface area is 216 Å². The van der Waals surface area contributed by atoms with E-state index >= 15 is 0 Å². The Morgan fingerprint density at radius 3 is 2.44 bits per heavy atom. The molecule has 1 aromatic carbocycles. The number of aromatic nitrogens is 3. The summed E-state index contributed by atoms with van der Waals surface area (Å²) in [7, 11) is 3.30. The molecule has 1 fully saturated rings. The third kappa shape index (κ3) is 4.07. The highest BCUT2D eigenvalue weighted by Gasteiger charge is 2.43. The summed E-state index contributed by atoms with van der Waals surface area (Å²) in [6, 6.07) is 17.8. The predicted molar refractivity (Wildman–Crippen MR) is 145 cm³/mol. The Hall–Kier alpha value is -3.91. The minimum atomic E-state index is -0.167. The van der Waals surface area contributed by atoms with Gasteiger partial charge >= 0.3 is 0 Å². The van der Waals surface area contributed by atoms with E-state index in [1.165, 1.54) is 0 Å². The standard InChI is InChI=1S/C28H29N5O2S/c1-17-9-12-25(30-16-17)32-18(2)14-21(19(32)3)27-26(22-8-6-7-13-29-22)31-28(36)33(27)23-11-10-20(34-4)15-24(23)35-5/h6-16,26-27H,1-5H3,(H,31,36)/t26-,27+/m0/s1. The maximum atomic E-state index is 5.92. The number of benzene rings is 1. The summed E-state index contributed by atoms with van der Waals surface area (Å²) in [5.41, 5.74) is 6.22. The molecule has 4 aromatic rings. The van der Waals surface area contributed by atoms with Crippen molar-refractivity contribution >= 4 is 23.0 Å². The summed E-state index contributed by atoms with van der Waals surface area (Å²) in [6.07, 6.45) is 3.71. The van der Waals surface area contributed by atoms with Crippen LogP contribution in [0.15, 0.2) is 67.0 Å². The number of aryl methyl sites for hydroxylation is 2. The molecular formula is C28H29N5O2S. The van der Waals surface area contributed by atoms with Crippen LogP contribution in [0, 0.1) is 20.8 Å². The number of nitrogens with zero attached hydrogens (tertiary/aromatic N) is 4. The molecule has 1 saturated heterocycles. The van der Waals surface area contributed by atoms with Crippen molar-refractivity contribution in [2.45, 2.75) is 32.9 Å². The molecule has 0 aliphatic carbocycles. The van der Waals surface area contributed by atoms with E-state index in [1.807, 2.05) is 55.7 Å². The number of anilines is 1. The van der Waals surface area contributed by atoms with E-state index in [9.17, 15) is 0 Å². The molecule has 7 nitrogen and oxygen atoms in total. The average molecular weight is 500 g/mol. The largest absolute Gasteiger partial charge is 0.497 e. The first kappa shape index (κ1) is 23.8. The number of pyridine rings is 2. The normalized spacial score (nSPS) is 17.2. The molecule has 8 heteroatoms. The van der Waals surface area contributed by atoms with Gasteiger partial charge in [-0.3, -0.25) is 4.98 Å². The molecule has 0 bridgehead atoms. The van der Waals surface area contributed by atoms with Crippen LogP contribution in [0.5, 0.6) is 11.5 Å². The lowest BCUT2D eigenvalue weighted by atomic mass is 9.96. The second-order valence-electron chi connectivity index (χ2n) is 8.89. The van der Waals surface area contributed by atoms with Crippen molar-refractivity contribution in [2.75, 3.05) is 19.1 Å². The second-order valence-corrected chi connectivity index (χ2v) is 9.28. The fourth-order valence-electron chi connectivity index (χ4n) is 4.95. The predicted octanol–water partition coefficient (Wildman–Crippen LogP) is 5.39. The molecule has 3 aromatic heterocycles. The van der Waals surface area contributed by atoms with Gasteiger partial charge in [0.1, 0.15) is 17.3 Å². The monoisotopic (exact) mass is 499 g/mol. The van der Waals surface area contributed by atoms with Gasteiger partial charge in [0, 0.05) is 29.8 Å². The van der Waals surface area contributed by atoms with Crippen LogP contribution in [0.4, 0.5) is 5.69 Å². The zero-order chi connectivity index (χ0) is 25.4. The van der Waals surface area contributed by atoms with Crippen molar-refractivity contribution in [3.8, 4) is 17.3 Å². The van der Waals surface area contributed by atoms with Crippen molar-refractivity contribution in [2.24, 2.45) is 0 Å². The summed E-state index contributed by atoms with van der Waals surface area (Å²) >= 11 is 5.92. The Morgan fingerprint density at radius 2 is 1.78 bits per heavy atom. The van der Waals surface area contributed by atoms with Gasteiger partial charge in [-0.15, -0.1) is 0 Å². The SMILES string of the molecule is COc1ccc(N2C(=S)N[C@@H](c3ccccn3)[C@H]2c2cc(C)n(-c3ccc(C)cn3)c2C)c(OC)c1.